The van der Waals surface area contributed by atoms with Gasteiger partial charge in [0.05, 0.1) is 12.7 Å². The number of benzene rings is 1. The van der Waals surface area contributed by atoms with Crippen LogP contribution in [-0.2, 0) is 12.0 Å². The van der Waals surface area contributed by atoms with E-state index in [1.54, 1.807) is 0 Å². The standard InChI is InChI=1S/C19H26N2O/c1-14-8-5-6-9-15(14)16-10-7-11-21(16)13-18-20-12-17(22-18)19(2,3)4/h5-6,8-9,12,16H,7,10-11,13H2,1-4H3/t16-/m1/s1. The number of nitrogens with zero attached hydrogens (tertiary/aromatic N) is 2. The Balaban J connectivity index is 1.77. The molecule has 0 unspecified atom stereocenters. The molecular weight excluding hydrogens is 272 g/mol. The van der Waals surface area contributed by atoms with Gasteiger partial charge in [-0.3, -0.25) is 4.90 Å². The largest absolute Gasteiger partial charge is 0.444 e. The summed E-state index contributed by atoms with van der Waals surface area (Å²) in [7, 11) is 0. The Hall–Kier alpha value is -1.61. The molecule has 1 aromatic carbocycles. The van der Waals surface area contributed by atoms with Crippen LogP contribution < -0.4 is 0 Å². The summed E-state index contributed by atoms with van der Waals surface area (Å²) < 4.78 is 5.97. The van der Waals surface area contributed by atoms with Gasteiger partial charge in [-0.25, -0.2) is 4.98 Å². The van der Waals surface area contributed by atoms with Crippen LogP contribution in [0.3, 0.4) is 0 Å². The molecule has 0 spiro atoms. The maximum absolute atomic E-state index is 5.97. The lowest BCUT2D eigenvalue weighted by atomic mass is 9.94. The van der Waals surface area contributed by atoms with Gasteiger partial charge in [0, 0.05) is 11.5 Å². The Morgan fingerprint density at radius 1 is 1.27 bits per heavy atom. The number of rotatable bonds is 3. The molecule has 0 saturated carbocycles. The summed E-state index contributed by atoms with van der Waals surface area (Å²) in [5.41, 5.74) is 2.84. The molecule has 1 atom stereocenters. The van der Waals surface area contributed by atoms with Gasteiger partial charge in [-0.05, 0) is 37.4 Å². The predicted octanol–water partition coefficient (Wildman–Crippen LogP) is 4.62. The fourth-order valence-corrected chi connectivity index (χ4v) is 3.23. The Bertz CT molecular complexity index is 639. The van der Waals surface area contributed by atoms with Crippen LogP contribution in [0.4, 0.5) is 0 Å². The van der Waals surface area contributed by atoms with Crippen LogP contribution in [-0.4, -0.2) is 16.4 Å². The Labute approximate surface area is 133 Å². The van der Waals surface area contributed by atoms with Crippen LogP contribution in [0.15, 0.2) is 34.9 Å². The highest BCUT2D eigenvalue weighted by molar-refractivity contribution is 5.29. The van der Waals surface area contributed by atoms with Crippen molar-refractivity contribution in [1.29, 1.82) is 0 Å². The van der Waals surface area contributed by atoms with E-state index in [2.05, 4.69) is 61.8 Å². The topological polar surface area (TPSA) is 29.3 Å². The molecule has 1 aromatic heterocycles. The van der Waals surface area contributed by atoms with Crippen molar-refractivity contribution in [3.05, 3.63) is 53.2 Å². The molecular formula is C19H26N2O. The van der Waals surface area contributed by atoms with Crippen molar-refractivity contribution in [2.75, 3.05) is 6.54 Å². The van der Waals surface area contributed by atoms with Crippen LogP contribution in [0, 0.1) is 6.92 Å². The molecule has 2 aromatic rings. The summed E-state index contributed by atoms with van der Waals surface area (Å²) in [5.74, 6) is 1.81. The second kappa shape index (κ2) is 5.88. The number of aromatic nitrogens is 1. The van der Waals surface area contributed by atoms with Gasteiger partial charge in [-0.2, -0.15) is 0 Å². The highest BCUT2D eigenvalue weighted by Gasteiger charge is 2.28. The molecule has 3 rings (SSSR count). The molecule has 1 aliphatic heterocycles. The zero-order valence-corrected chi connectivity index (χ0v) is 14.1. The first-order valence-electron chi connectivity index (χ1n) is 8.20. The molecule has 1 aliphatic rings. The van der Waals surface area contributed by atoms with Gasteiger partial charge in [0.2, 0.25) is 5.89 Å². The summed E-state index contributed by atoms with van der Waals surface area (Å²) in [6, 6.07) is 9.21. The van der Waals surface area contributed by atoms with Crippen molar-refractivity contribution >= 4 is 0 Å². The molecule has 1 saturated heterocycles. The Kier molecular flexibility index (Phi) is 4.09. The SMILES string of the molecule is Cc1ccccc1[C@H]1CCCN1Cc1ncc(C(C)(C)C)o1. The van der Waals surface area contributed by atoms with Crippen molar-refractivity contribution in [1.82, 2.24) is 9.88 Å². The molecule has 0 aliphatic carbocycles. The van der Waals surface area contributed by atoms with Gasteiger partial charge in [0.25, 0.3) is 0 Å². The van der Waals surface area contributed by atoms with Crippen LogP contribution in [0.25, 0.3) is 0 Å². The zero-order chi connectivity index (χ0) is 15.7. The second-order valence-corrected chi connectivity index (χ2v) is 7.35. The molecule has 1 fully saturated rings. The minimum absolute atomic E-state index is 0.0195. The molecule has 3 heteroatoms. The quantitative estimate of drug-likeness (QED) is 0.828. The van der Waals surface area contributed by atoms with Gasteiger partial charge in [-0.1, -0.05) is 45.0 Å². The first kappa shape index (κ1) is 15.3. The average molecular weight is 298 g/mol. The van der Waals surface area contributed by atoms with Crippen LogP contribution in [0.5, 0.6) is 0 Å². The number of aryl methyl sites for hydroxylation is 1. The summed E-state index contributed by atoms with van der Waals surface area (Å²) in [4.78, 5) is 6.99. The third-order valence-electron chi connectivity index (χ3n) is 4.54. The number of hydrogen-bond acceptors (Lipinski definition) is 3. The zero-order valence-electron chi connectivity index (χ0n) is 14.1. The van der Waals surface area contributed by atoms with E-state index in [0.29, 0.717) is 6.04 Å². The predicted molar refractivity (Wildman–Crippen MR) is 88.8 cm³/mol. The van der Waals surface area contributed by atoms with Crippen molar-refractivity contribution in [3.8, 4) is 0 Å². The molecule has 22 heavy (non-hydrogen) atoms. The maximum atomic E-state index is 5.97. The molecule has 3 nitrogen and oxygen atoms in total. The molecule has 0 amide bonds. The molecule has 0 radical (unpaired) electrons. The van der Waals surface area contributed by atoms with E-state index >= 15 is 0 Å². The third kappa shape index (κ3) is 3.09. The summed E-state index contributed by atoms with van der Waals surface area (Å²) in [6.45, 7) is 10.6. The summed E-state index contributed by atoms with van der Waals surface area (Å²) >= 11 is 0. The first-order valence-corrected chi connectivity index (χ1v) is 8.20. The monoisotopic (exact) mass is 298 g/mol. The van der Waals surface area contributed by atoms with Gasteiger partial charge >= 0.3 is 0 Å². The first-order chi connectivity index (χ1) is 10.4. The second-order valence-electron chi connectivity index (χ2n) is 7.35. The van der Waals surface area contributed by atoms with Crippen molar-refractivity contribution < 1.29 is 4.42 Å². The Morgan fingerprint density at radius 2 is 2.05 bits per heavy atom. The number of likely N-dealkylation sites (tertiary alicyclic amines) is 1. The third-order valence-corrected chi connectivity index (χ3v) is 4.54. The fraction of sp³-hybridized carbons (Fsp3) is 0.526. The highest BCUT2D eigenvalue weighted by atomic mass is 16.4. The van der Waals surface area contributed by atoms with E-state index in [1.165, 1.54) is 24.0 Å². The average Bonchev–Trinajstić information content (AvgIpc) is 3.09. The van der Waals surface area contributed by atoms with Gasteiger partial charge in [0.15, 0.2) is 0 Å². The van der Waals surface area contributed by atoms with E-state index in [1.807, 2.05) is 6.20 Å². The molecule has 118 valence electrons. The van der Waals surface area contributed by atoms with E-state index in [9.17, 15) is 0 Å². The Morgan fingerprint density at radius 3 is 2.73 bits per heavy atom. The van der Waals surface area contributed by atoms with Crippen molar-refractivity contribution in [2.24, 2.45) is 0 Å². The summed E-state index contributed by atoms with van der Waals surface area (Å²) in [5, 5.41) is 0. The van der Waals surface area contributed by atoms with Crippen molar-refractivity contribution in [2.45, 2.75) is 58.5 Å². The lowest BCUT2D eigenvalue weighted by Crippen LogP contribution is -2.23. The van der Waals surface area contributed by atoms with E-state index in [4.69, 9.17) is 4.42 Å². The number of oxazole rings is 1. The van der Waals surface area contributed by atoms with Crippen LogP contribution >= 0.6 is 0 Å². The van der Waals surface area contributed by atoms with Crippen LogP contribution in [0.2, 0.25) is 0 Å². The molecule has 0 N–H and O–H groups in total. The fourth-order valence-electron chi connectivity index (χ4n) is 3.23. The van der Waals surface area contributed by atoms with Crippen LogP contribution in [0.1, 0.15) is 62.4 Å². The normalized spacial score (nSPS) is 19.7. The minimum atomic E-state index is 0.0195. The van der Waals surface area contributed by atoms with E-state index < -0.39 is 0 Å². The van der Waals surface area contributed by atoms with Gasteiger partial charge < -0.3 is 4.42 Å². The minimum Gasteiger partial charge on any atom is -0.444 e. The van der Waals surface area contributed by atoms with Gasteiger partial charge in [-0.15, -0.1) is 0 Å². The molecule has 0 bridgehead atoms. The molecule has 2 heterocycles. The van der Waals surface area contributed by atoms with E-state index in [-0.39, 0.29) is 5.41 Å². The van der Waals surface area contributed by atoms with E-state index in [0.717, 1.165) is 24.7 Å². The van der Waals surface area contributed by atoms with Gasteiger partial charge in [0.1, 0.15) is 5.76 Å². The lowest BCUT2D eigenvalue weighted by Gasteiger charge is -2.24. The highest BCUT2D eigenvalue weighted by Crippen LogP contribution is 2.35. The summed E-state index contributed by atoms with van der Waals surface area (Å²) in [6.07, 6.45) is 4.34. The maximum Gasteiger partial charge on any atom is 0.208 e. The smallest absolute Gasteiger partial charge is 0.208 e. The number of hydrogen-bond donors (Lipinski definition) is 0. The lowest BCUT2D eigenvalue weighted by molar-refractivity contribution is 0.217. The van der Waals surface area contributed by atoms with Crippen molar-refractivity contribution in [3.63, 3.8) is 0 Å².